The number of nitrogens with two attached hydrogens (primary N) is 1. The minimum absolute atomic E-state index is 0.00995. The fourth-order valence-electron chi connectivity index (χ4n) is 2.28. The molecule has 0 spiro atoms. The van der Waals surface area contributed by atoms with Crippen molar-refractivity contribution in [2.24, 2.45) is 0 Å². The summed E-state index contributed by atoms with van der Waals surface area (Å²) < 4.78 is 0. The Labute approximate surface area is 125 Å². The molecule has 21 heavy (non-hydrogen) atoms. The van der Waals surface area contributed by atoms with Crippen LogP contribution in [0.4, 0.5) is 5.69 Å². The van der Waals surface area contributed by atoms with Crippen molar-refractivity contribution in [3.63, 3.8) is 0 Å². The average Bonchev–Trinajstić information content (AvgIpc) is 2.44. The summed E-state index contributed by atoms with van der Waals surface area (Å²) >= 11 is 0. The Balaban J connectivity index is 2.27. The van der Waals surface area contributed by atoms with Gasteiger partial charge in [-0.05, 0) is 56.2 Å². The van der Waals surface area contributed by atoms with Gasteiger partial charge in [0, 0.05) is 36.2 Å². The molecule has 4 heteroatoms. The van der Waals surface area contributed by atoms with Crippen LogP contribution >= 0.6 is 0 Å². The van der Waals surface area contributed by atoms with E-state index in [1.807, 2.05) is 49.9 Å². The maximum Gasteiger partial charge on any atom is 0.254 e. The molecule has 2 N–H and O–H groups in total. The van der Waals surface area contributed by atoms with E-state index in [0.717, 1.165) is 11.1 Å². The molecule has 4 nitrogen and oxygen atoms in total. The van der Waals surface area contributed by atoms with Crippen molar-refractivity contribution >= 4 is 11.6 Å². The molecule has 1 aromatic carbocycles. The molecule has 0 bridgehead atoms. The van der Waals surface area contributed by atoms with Crippen molar-refractivity contribution in [3.05, 3.63) is 59.4 Å². The molecule has 0 radical (unpaired) electrons. The van der Waals surface area contributed by atoms with Crippen molar-refractivity contribution in [3.8, 4) is 0 Å². The first kappa shape index (κ1) is 15.0. The van der Waals surface area contributed by atoms with Gasteiger partial charge in [-0.3, -0.25) is 9.78 Å². The smallest absolute Gasteiger partial charge is 0.254 e. The summed E-state index contributed by atoms with van der Waals surface area (Å²) in [4.78, 5) is 18.7. The van der Waals surface area contributed by atoms with Gasteiger partial charge in [-0.2, -0.15) is 0 Å². The number of rotatable bonds is 4. The zero-order valence-corrected chi connectivity index (χ0v) is 12.7. The molecule has 0 unspecified atom stereocenters. The van der Waals surface area contributed by atoms with Crippen molar-refractivity contribution < 1.29 is 4.79 Å². The number of benzene rings is 1. The standard InChI is InChI=1S/C17H21N3O/c1-12(2)20(11-14-5-4-6-19-10-14)17(21)15-7-13(3)8-16(18)9-15/h4-10,12H,11,18H2,1-3H3. The summed E-state index contributed by atoms with van der Waals surface area (Å²) in [5.41, 5.74) is 9.09. The zero-order chi connectivity index (χ0) is 15.4. The van der Waals surface area contributed by atoms with Gasteiger partial charge in [-0.1, -0.05) is 6.07 Å². The van der Waals surface area contributed by atoms with Gasteiger partial charge in [0.25, 0.3) is 5.91 Å². The fourth-order valence-corrected chi connectivity index (χ4v) is 2.28. The quantitative estimate of drug-likeness (QED) is 0.877. The lowest BCUT2D eigenvalue weighted by molar-refractivity contribution is 0.0690. The van der Waals surface area contributed by atoms with Gasteiger partial charge in [-0.15, -0.1) is 0 Å². The summed E-state index contributed by atoms with van der Waals surface area (Å²) in [6.07, 6.45) is 3.51. The van der Waals surface area contributed by atoms with Gasteiger partial charge in [0.15, 0.2) is 0 Å². The molecule has 1 heterocycles. The molecule has 0 saturated carbocycles. The number of amides is 1. The second-order valence-electron chi connectivity index (χ2n) is 5.52. The van der Waals surface area contributed by atoms with Crippen LogP contribution in [-0.2, 0) is 6.54 Å². The van der Waals surface area contributed by atoms with Crippen LogP contribution in [0.25, 0.3) is 0 Å². The largest absolute Gasteiger partial charge is 0.399 e. The lowest BCUT2D eigenvalue weighted by Gasteiger charge is -2.27. The minimum atomic E-state index is -0.00995. The predicted octanol–water partition coefficient (Wildman–Crippen LogP) is 3.02. The molecule has 110 valence electrons. The summed E-state index contributed by atoms with van der Waals surface area (Å²) in [6, 6.07) is 9.41. The second-order valence-corrected chi connectivity index (χ2v) is 5.52. The molecule has 1 amide bonds. The molecule has 0 aliphatic carbocycles. The van der Waals surface area contributed by atoms with Gasteiger partial charge < -0.3 is 10.6 Å². The van der Waals surface area contributed by atoms with Crippen LogP contribution in [0.3, 0.4) is 0 Å². The van der Waals surface area contributed by atoms with E-state index in [2.05, 4.69) is 4.98 Å². The van der Waals surface area contributed by atoms with Crippen LogP contribution in [0.2, 0.25) is 0 Å². The molecule has 1 aromatic heterocycles. The first-order valence-corrected chi connectivity index (χ1v) is 7.04. The van der Waals surface area contributed by atoms with E-state index >= 15 is 0 Å². The topological polar surface area (TPSA) is 59.2 Å². The number of hydrogen-bond acceptors (Lipinski definition) is 3. The van der Waals surface area contributed by atoms with Gasteiger partial charge in [-0.25, -0.2) is 0 Å². The molecule has 0 aliphatic heterocycles. The van der Waals surface area contributed by atoms with E-state index in [0.29, 0.717) is 17.8 Å². The Morgan fingerprint density at radius 3 is 2.67 bits per heavy atom. The summed E-state index contributed by atoms with van der Waals surface area (Å²) in [5.74, 6) is -0.00995. The molecule has 0 atom stereocenters. The van der Waals surface area contributed by atoms with Gasteiger partial charge in [0.05, 0.1) is 0 Å². The first-order valence-electron chi connectivity index (χ1n) is 7.04. The van der Waals surface area contributed by atoms with Gasteiger partial charge in [0.2, 0.25) is 0 Å². The van der Waals surface area contributed by atoms with Crippen molar-refractivity contribution in [1.29, 1.82) is 0 Å². The highest BCUT2D eigenvalue weighted by Crippen LogP contribution is 2.17. The molecule has 0 fully saturated rings. The Hall–Kier alpha value is -2.36. The molecule has 2 aromatic rings. The molecular formula is C17H21N3O. The van der Waals surface area contributed by atoms with E-state index < -0.39 is 0 Å². The van der Waals surface area contributed by atoms with E-state index in [-0.39, 0.29) is 11.9 Å². The third-order valence-electron chi connectivity index (χ3n) is 3.31. The molecular weight excluding hydrogens is 262 g/mol. The number of carbonyl (C=O) groups is 1. The number of anilines is 1. The maximum absolute atomic E-state index is 12.7. The fraction of sp³-hybridized carbons (Fsp3) is 0.294. The van der Waals surface area contributed by atoms with E-state index in [1.54, 1.807) is 18.5 Å². The highest BCUT2D eigenvalue weighted by atomic mass is 16.2. The van der Waals surface area contributed by atoms with E-state index in [1.165, 1.54) is 0 Å². The van der Waals surface area contributed by atoms with Crippen LogP contribution in [-0.4, -0.2) is 21.8 Å². The molecule has 0 saturated heterocycles. The van der Waals surface area contributed by atoms with E-state index in [4.69, 9.17) is 5.73 Å². The highest BCUT2D eigenvalue weighted by Gasteiger charge is 2.19. The number of nitrogens with zero attached hydrogens (tertiary/aromatic N) is 2. The number of hydrogen-bond donors (Lipinski definition) is 1. The van der Waals surface area contributed by atoms with Crippen molar-refractivity contribution in [2.45, 2.75) is 33.4 Å². The Morgan fingerprint density at radius 2 is 2.10 bits per heavy atom. The van der Waals surface area contributed by atoms with Crippen LogP contribution in [0.5, 0.6) is 0 Å². The lowest BCUT2D eigenvalue weighted by Crippen LogP contribution is -2.36. The maximum atomic E-state index is 12.7. The van der Waals surface area contributed by atoms with E-state index in [9.17, 15) is 4.79 Å². The van der Waals surface area contributed by atoms with Crippen molar-refractivity contribution in [2.75, 3.05) is 5.73 Å². The Bertz CT molecular complexity index is 603. The third-order valence-corrected chi connectivity index (χ3v) is 3.31. The third kappa shape index (κ3) is 3.81. The minimum Gasteiger partial charge on any atom is -0.399 e. The number of aromatic nitrogens is 1. The molecule has 0 aliphatic rings. The number of carbonyl (C=O) groups excluding carboxylic acids is 1. The Morgan fingerprint density at radius 1 is 1.33 bits per heavy atom. The Kier molecular flexibility index (Phi) is 4.58. The molecule has 2 rings (SSSR count). The van der Waals surface area contributed by atoms with Gasteiger partial charge in [0.1, 0.15) is 0 Å². The summed E-state index contributed by atoms with van der Waals surface area (Å²) in [7, 11) is 0. The SMILES string of the molecule is Cc1cc(N)cc(C(=O)N(Cc2cccnc2)C(C)C)c1. The van der Waals surface area contributed by atoms with Crippen LogP contribution < -0.4 is 5.73 Å². The predicted molar refractivity (Wildman–Crippen MR) is 84.8 cm³/mol. The highest BCUT2D eigenvalue weighted by molar-refractivity contribution is 5.95. The van der Waals surface area contributed by atoms with Crippen LogP contribution in [0.1, 0.15) is 35.3 Å². The summed E-state index contributed by atoms with van der Waals surface area (Å²) in [5, 5.41) is 0. The first-order chi connectivity index (χ1) is 9.97. The number of nitrogen functional groups attached to an aromatic ring is 1. The lowest BCUT2D eigenvalue weighted by atomic mass is 10.1. The van der Waals surface area contributed by atoms with Crippen LogP contribution in [0.15, 0.2) is 42.7 Å². The number of pyridine rings is 1. The van der Waals surface area contributed by atoms with Crippen molar-refractivity contribution in [1.82, 2.24) is 9.88 Å². The average molecular weight is 283 g/mol. The summed E-state index contributed by atoms with van der Waals surface area (Å²) in [6.45, 7) is 6.49. The monoisotopic (exact) mass is 283 g/mol. The van der Waals surface area contributed by atoms with Crippen LogP contribution in [0, 0.1) is 6.92 Å². The second kappa shape index (κ2) is 6.39. The normalized spacial score (nSPS) is 10.7. The zero-order valence-electron chi connectivity index (χ0n) is 12.7. The van der Waals surface area contributed by atoms with Gasteiger partial charge >= 0.3 is 0 Å². The number of aryl methyl sites for hydroxylation is 1.